The predicted molar refractivity (Wildman–Crippen MR) is 107 cm³/mol. The van der Waals surface area contributed by atoms with E-state index in [0.29, 0.717) is 13.1 Å². The summed E-state index contributed by atoms with van der Waals surface area (Å²) in [5.41, 5.74) is 1.12. The summed E-state index contributed by atoms with van der Waals surface area (Å²) < 4.78 is 41.4. The summed E-state index contributed by atoms with van der Waals surface area (Å²) >= 11 is 0. The molecule has 1 amide bonds. The van der Waals surface area contributed by atoms with Crippen LogP contribution in [0.4, 0.5) is 4.39 Å². The van der Waals surface area contributed by atoms with Gasteiger partial charge in [-0.05, 0) is 55.3 Å². The molecule has 2 aromatic carbocycles. The van der Waals surface area contributed by atoms with Crippen LogP contribution < -0.4 is 15.2 Å². The molecule has 7 nitrogen and oxygen atoms in total. The van der Waals surface area contributed by atoms with Crippen LogP contribution in [-0.4, -0.2) is 45.5 Å². The molecule has 0 saturated carbocycles. The number of sulfonamides is 1. The van der Waals surface area contributed by atoms with Crippen LogP contribution >= 0.6 is 0 Å². The molecule has 1 atom stereocenters. The van der Waals surface area contributed by atoms with Crippen molar-refractivity contribution in [3.05, 3.63) is 59.4 Å². The molecule has 9 heteroatoms. The van der Waals surface area contributed by atoms with Crippen molar-refractivity contribution in [1.82, 2.24) is 10.2 Å². The van der Waals surface area contributed by atoms with Gasteiger partial charge in [0.1, 0.15) is 11.6 Å². The molecule has 2 aromatic rings. The minimum Gasteiger partial charge on any atom is -0.496 e. The minimum absolute atomic E-state index is 0.113. The first-order valence-corrected chi connectivity index (χ1v) is 10.8. The van der Waals surface area contributed by atoms with E-state index < -0.39 is 15.9 Å². The molecule has 1 aliphatic heterocycles. The number of hydrogen-bond donors (Lipinski definition) is 2. The standard InChI is InChI=1S/C20H24FN3O4S/c1-28-19-9-8-17(29(22,26)27)11-18(19)20(25)23-12-16-3-2-10-24(16)13-14-4-6-15(21)7-5-14/h4-9,11,16H,2-3,10,12-13H2,1H3,(H,23,25)(H2,22,26,27). The third kappa shape index (κ3) is 5.31. The molecule has 1 heterocycles. The lowest BCUT2D eigenvalue weighted by Crippen LogP contribution is -2.40. The SMILES string of the molecule is COc1ccc(S(N)(=O)=O)cc1C(=O)NCC1CCCN1Cc1ccc(F)cc1. The number of methoxy groups -OCH3 is 1. The number of rotatable bonds is 7. The van der Waals surface area contributed by atoms with Crippen LogP contribution in [0.2, 0.25) is 0 Å². The smallest absolute Gasteiger partial charge is 0.255 e. The third-order valence-electron chi connectivity index (χ3n) is 5.04. The van der Waals surface area contributed by atoms with E-state index in [4.69, 9.17) is 9.88 Å². The van der Waals surface area contributed by atoms with Crippen molar-refractivity contribution in [2.24, 2.45) is 5.14 Å². The van der Waals surface area contributed by atoms with E-state index in [9.17, 15) is 17.6 Å². The normalized spacial score (nSPS) is 17.3. The number of carbonyl (C=O) groups excluding carboxylic acids is 1. The zero-order valence-corrected chi connectivity index (χ0v) is 16.9. The summed E-state index contributed by atoms with van der Waals surface area (Å²) in [6, 6.07) is 10.4. The monoisotopic (exact) mass is 421 g/mol. The van der Waals surface area contributed by atoms with E-state index in [2.05, 4.69) is 10.2 Å². The highest BCUT2D eigenvalue weighted by Gasteiger charge is 2.26. The fourth-order valence-corrected chi connectivity index (χ4v) is 4.05. The molecule has 1 fully saturated rings. The average molecular weight is 421 g/mol. The summed E-state index contributed by atoms with van der Waals surface area (Å²) in [6.45, 7) is 1.97. The zero-order chi connectivity index (χ0) is 21.0. The average Bonchev–Trinajstić information content (AvgIpc) is 3.13. The Morgan fingerprint density at radius 3 is 2.66 bits per heavy atom. The van der Waals surface area contributed by atoms with Crippen molar-refractivity contribution in [2.75, 3.05) is 20.2 Å². The number of nitrogens with one attached hydrogen (secondary N) is 1. The van der Waals surface area contributed by atoms with Crippen molar-refractivity contribution in [1.29, 1.82) is 0 Å². The second-order valence-corrected chi connectivity index (χ2v) is 8.57. The Labute approximate surface area is 169 Å². The maximum absolute atomic E-state index is 13.1. The van der Waals surface area contributed by atoms with Gasteiger partial charge in [0.2, 0.25) is 10.0 Å². The first-order valence-electron chi connectivity index (χ1n) is 9.25. The maximum atomic E-state index is 13.1. The molecule has 3 N–H and O–H groups in total. The van der Waals surface area contributed by atoms with E-state index in [-0.39, 0.29) is 28.1 Å². The third-order valence-corrected chi connectivity index (χ3v) is 5.95. The van der Waals surface area contributed by atoms with Gasteiger partial charge < -0.3 is 10.1 Å². The van der Waals surface area contributed by atoms with Gasteiger partial charge >= 0.3 is 0 Å². The molecule has 1 saturated heterocycles. The van der Waals surface area contributed by atoms with Crippen molar-refractivity contribution in [3.8, 4) is 5.75 Å². The molecule has 0 radical (unpaired) electrons. The van der Waals surface area contributed by atoms with Crippen molar-refractivity contribution in [2.45, 2.75) is 30.3 Å². The summed E-state index contributed by atoms with van der Waals surface area (Å²) in [7, 11) is -2.52. The van der Waals surface area contributed by atoms with Crippen LogP contribution in [0, 0.1) is 5.82 Å². The van der Waals surface area contributed by atoms with Crippen LogP contribution in [0.3, 0.4) is 0 Å². The Morgan fingerprint density at radius 1 is 1.28 bits per heavy atom. The van der Waals surface area contributed by atoms with Gasteiger partial charge in [-0.25, -0.2) is 17.9 Å². The molecule has 0 aromatic heterocycles. The van der Waals surface area contributed by atoms with Gasteiger partial charge in [-0.2, -0.15) is 0 Å². The molecule has 0 aliphatic carbocycles. The number of nitrogens with zero attached hydrogens (tertiary/aromatic N) is 1. The van der Waals surface area contributed by atoms with Crippen LogP contribution in [0.15, 0.2) is 47.4 Å². The summed E-state index contributed by atoms with van der Waals surface area (Å²) in [4.78, 5) is 14.8. The van der Waals surface area contributed by atoms with Crippen molar-refractivity contribution < 1.29 is 22.3 Å². The first kappa shape index (κ1) is 21.2. The molecular formula is C20H24FN3O4S. The summed E-state index contributed by atoms with van der Waals surface area (Å²) in [5.74, 6) is -0.430. The molecule has 1 aliphatic rings. The Morgan fingerprint density at radius 2 is 2.00 bits per heavy atom. The van der Waals surface area contributed by atoms with Gasteiger partial charge in [0, 0.05) is 19.1 Å². The molecule has 3 rings (SSSR count). The van der Waals surface area contributed by atoms with Crippen LogP contribution in [0.1, 0.15) is 28.8 Å². The Bertz CT molecular complexity index is 980. The van der Waals surface area contributed by atoms with Crippen LogP contribution in [0.5, 0.6) is 5.75 Å². The van der Waals surface area contributed by atoms with Gasteiger partial charge in [-0.3, -0.25) is 9.69 Å². The largest absolute Gasteiger partial charge is 0.496 e. The lowest BCUT2D eigenvalue weighted by Gasteiger charge is -2.25. The van der Waals surface area contributed by atoms with Crippen LogP contribution in [0.25, 0.3) is 0 Å². The molecule has 1 unspecified atom stereocenters. The number of halogens is 1. The van der Waals surface area contributed by atoms with E-state index >= 15 is 0 Å². The highest BCUT2D eigenvalue weighted by molar-refractivity contribution is 7.89. The predicted octanol–water partition coefficient (Wildman–Crippen LogP) is 1.88. The zero-order valence-electron chi connectivity index (χ0n) is 16.1. The Balaban J connectivity index is 1.67. The number of amides is 1. The van der Waals surface area contributed by atoms with Crippen molar-refractivity contribution >= 4 is 15.9 Å². The van der Waals surface area contributed by atoms with Crippen molar-refractivity contribution in [3.63, 3.8) is 0 Å². The quantitative estimate of drug-likeness (QED) is 0.711. The first-order chi connectivity index (χ1) is 13.8. The van der Waals surface area contributed by atoms with Gasteiger partial charge in [0.15, 0.2) is 0 Å². The van der Waals surface area contributed by atoms with E-state index in [1.807, 2.05) is 0 Å². The number of hydrogen-bond acceptors (Lipinski definition) is 5. The fraction of sp³-hybridized carbons (Fsp3) is 0.350. The van der Waals surface area contributed by atoms with Crippen LogP contribution in [-0.2, 0) is 16.6 Å². The molecule has 29 heavy (non-hydrogen) atoms. The highest BCUT2D eigenvalue weighted by Crippen LogP contribution is 2.23. The maximum Gasteiger partial charge on any atom is 0.255 e. The number of ether oxygens (including phenoxy) is 1. The summed E-state index contributed by atoms with van der Waals surface area (Å²) in [6.07, 6.45) is 1.93. The number of primary sulfonamides is 1. The second kappa shape index (κ2) is 8.89. The Kier molecular flexibility index (Phi) is 6.51. The van der Waals surface area contributed by atoms with Gasteiger partial charge in [-0.15, -0.1) is 0 Å². The van der Waals surface area contributed by atoms with E-state index in [1.54, 1.807) is 12.1 Å². The lowest BCUT2D eigenvalue weighted by molar-refractivity contribution is 0.0936. The van der Waals surface area contributed by atoms with E-state index in [1.165, 1.54) is 37.4 Å². The fourth-order valence-electron chi connectivity index (χ4n) is 3.51. The number of likely N-dealkylation sites (tertiary alicyclic amines) is 1. The Hall–Kier alpha value is -2.49. The van der Waals surface area contributed by atoms with Gasteiger partial charge in [0.25, 0.3) is 5.91 Å². The van der Waals surface area contributed by atoms with Gasteiger partial charge in [0.05, 0.1) is 17.6 Å². The minimum atomic E-state index is -3.93. The lowest BCUT2D eigenvalue weighted by atomic mass is 10.1. The molecule has 0 spiro atoms. The number of benzene rings is 2. The van der Waals surface area contributed by atoms with Gasteiger partial charge in [-0.1, -0.05) is 12.1 Å². The number of carbonyl (C=O) groups is 1. The second-order valence-electron chi connectivity index (χ2n) is 7.01. The summed E-state index contributed by atoms with van der Waals surface area (Å²) in [5, 5.41) is 8.02. The molecule has 156 valence electrons. The molecular weight excluding hydrogens is 397 g/mol. The highest BCUT2D eigenvalue weighted by atomic mass is 32.2. The number of nitrogens with two attached hydrogens (primary N) is 1. The van der Waals surface area contributed by atoms with E-state index in [0.717, 1.165) is 24.9 Å². The molecule has 0 bridgehead atoms. The topological polar surface area (TPSA) is 102 Å².